The fraction of sp³-hybridized carbons (Fsp3) is 0.550. The average Bonchev–Trinajstić information content (AvgIpc) is 3.16. The van der Waals surface area contributed by atoms with Gasteiger partial charge in [0.15, 0.2) is 0 Å². The lowest BCUT2D eigenvalue weighted by Gasteiger charge is -2.28. The molecule has 0 bridgehead atoms. The molecule has 146 valence electrons. The van der Waals surface area contributed by atoms with Gasteiger partial charge >= 0.3 is 6.09 Å². The number of benzene rings is 1. The summed E-state index contributed by atoms with van der Waals surface area (Å²) in [7, 11) is 0. The normalized spacial score (nSPS) is 19.6. The maximum Gasteiger partial charge on any atom is 0.410 e. The molecule has 1 saturated heterocycles. The van der Waals surface area contributed by atoms with Crippen LogP contribution in [0.4, 0.5) is 4.79 Å². The molecule has 0 saturated carbocycles. The lowest BCUT2D eigenvalue weighted by Crippen LogP contribution is -2.42. The first-order chi connectivity index (χ1) is 12.8. The summed E-state index contributed by atoms with van der Waals surface area (Å²) < 4.78 is 11.1. The van der Waals surface area contributed by atoms with Crippen molar-refractivity contribution in [1.29, 1.82) is 0 Å². The number of carbonyl (C=O) groups is 3. The maximum absolute atomic E-state index is 12.3. The summed E-state index contributed by atoms with van der Waals surface area (Å²) >= 11 is 0. The zero-order valence-electron chi connectivity index (χ0n) is 16.1. The number of amides is 3. The van der Waals surface area contributed by atoms with Gasteiger partial charge in [-0.15, -0.1) is 0 Å². The highest BCUT2D eigenvalue weighted by molar-refractivity contribution is 6.21. The van der Waals surface area contributed by atoms with E-state index in [1.807, 2.05) is 20.8 Å². The third-order valence-corrected chi connectivity index (χ3v) is 4.65. The molecule has 1 aromatic rings. The molecule has 0 aliphatic carbocycles. The fourth-order valence-corrected chi connectivity index (χ4v) is 3.39. The SMILES string of the molecule is CC(C)(C)OC(=O)N1CCC[C@H]1COCCN1C(=O)c2ccccc2C1=O. The highest BCUT2D eigenvalue weighted by Gasteiger charge is 2.35. The topological polar surface area (TPSA) is 76.2 Å². The largest absolute Gasteiger partial charge is 0.444 e. The zero-order chi connectivity index (χ0) is 19.6. The van der Waals surface area contributed by atoms with E-state index in [9.17, 15) is 14.4 Å². The number of hydrogen-bond acceptors (Lipinski definition) is 5. The first-order valence-corrected chi connectivity index (χ1v) is 9.30. The van der Waals surface area contributed by atoms with Crippen LogP contribution in [0.5, 0.6) is 0 Å². The van der Waals surface area contributed by atoms with Crippen LogP contribution in [0.1, 0.15) is 54.3 Å². The molecule has 0 unspecified atom stereocenters. The van der Waals surface area contributed by atoms with E-state index < -0.39 is 5.60 Å². The molecule has 2 aliphatic heterocycles. The predicted molar refractivity (Wildman–Crippen MR) is 98.6 cm³/mol. The second-order valence-corrected chi connectivity index (χ2v) is 7.85. The minimum Gasteiger partial charge on any atom is -0.444 e. The Hall–Kier alpha value is -2.41. The number of fused-ring (bicyclic) bond motifs is 1. The highest BCUT2D eigenvalue weighted by atomic mass is 16.6. The quantitative estimate of drug-likeness (QED) is 0.585. The van der Waals surface area contributed by atoms with Crippen molar-refractivity contribution in [2.24, 2.45) is 0 Å². The number of hydrogen-bond donors (Lipinski definition) is 0. The first kappa shape index (κ1) is 19.4. The van der Waals surface area contributed by atoms with Crippen LogP contribution < -0.4 is 0 Å². The van der Waals surface area contributed by atoms with E-state index in [0.717, 1.165) is 12.8 Å². The number of imide groups is 1. The Morgan fingerprint density at radius 2 is 1.78 bits per heavy atom. The van der Waals surface area contributed by atoms with Crippen LogP contribution >= 0.6 is 0 Å². The van der Waals surface area contributed by atoms with Crippen molar-refractivity contribution in [3.05, 3.63) is 35.4 Å². The summed E-state index contributed by atoms with van der Waals surface area (Å²) in [5.74, 6) is -0.564. The monoisotopic (exact) mass is 374 g/mol. The Bertz CT molecular complexity index is 705. The molecule has 27 heavy (non-hydrogen) atoms. The molecule has 0 aromatic heterocycles. The van der Waals surface area contributed by atoms with Crippen LogP contribution in [0.3, 0.4) is 0 Å². The summed E-state index contributed by atoms with van der Waals surface area (Å²) in [4.78, 5) is 39.8. The summed E-state index contributed by atoms with van der Waals surface area (Å²) in [6.07, 6.45) is 1.44. The van der Waals surface area contributed by atoms with Gasteiger partial charge in [0.25, 0.3) is 11.8 Å². The lowest BCUT2D eigenvalue weighted by molar-refractivity contribution is 0.00947. The van der Waals surface area contributed by atoms with Crippen LogP contribution in [0.2, 0.25) is 0 Å². The van der Waals surface area contributed by atoms with Crippen molar-refractivity contribution in [1.82, 2.24) is 9.80 Å². The Kier molecular flexibility index (Phi) is 5.51. The molecule has 1 atom stereocenters. The number of ether oxygens (including phenoxy) is 2. The van der Waals surface area contributed by atoms with Gasteiger partial charge in [-0.25, -0.2) is 4.79 Å². The van der Waals surface area contributed by atoms with Crippen molar-refractivity contribution in [3.63, 3.8) is 0 Å². The van der Waals surface area contributed by atoms with Gasteiger partial charge in [-0.05, 0) is 45.7 Å². The fourth-order valence-electron chi connectivity index (χ4n) is 3.39. The van der Waals surface area contributed by atoms with Crippen LogP contribution in [0, 0.1) is 0 Å². The van der Waals surface area contributed by atoms with Crippen LogP contribution in [0.15, 0.2) is 24.3 Å². The summed E-state index contributed by atoms with van der Waals surface area (Å²) in [5.41, 5.74) is 0.347. The average molecular weight is 374 g/mol. The van der Waals surface area contributed by atoms with E-state index in [1.54, 1.807) is 29.2 Å². The van der Waals surface area contributed by atoms with E-state index in [2.05, 4.69) is 0 Å². The van der Waals surface area contributed by atoms with Gasteiger partial charge < -0.3 is 14.4 Å². The van der Waals surface area contributed by atoms with E-state index in [-0.39, 0.29) is 37.1 Å². The summed E-state index contributed by atoms with van der Waals surface area (Å²) in [6, 6.07) is 6.77. The molecule has 0 spiro atoms. The molecule has 3 amide bonds. The van der Waals surface area contributed by atoms with E-state index in [1.165, 1.54) is 4.90 Å². The number of likely N-dealkylation sites (tertiary alicyclic amines) is 1. The minimum absolute atomic E-state index is 0.0398. The molecule has 7 nitrogen and oxygen atoms in total. The predicted octanol–water partition coefficient (Wildman–Crippen LogP) is 2.70. The van der Waals surface area contributed by atoms with E-state index in [4.69, 9.17) is 9.47 Å². The van der Waals surface area contributed by atoms with Gasteiger partial charge in [0, 0.05) is 6.54 Å². The van der Waals surface area contributed by atoms with Crippen molar-refractivity contribution < 1.29 is 23.9 Å². The molecule has 1 fully saturated rings. The molecular formula is C20H26N2O5. The number of rotatable bonds is 5. The Morgan fingerprint density at radius 1 is 1.15 bits per heavy atom. The molecule has 2 heterocycles. The van der Waals surface area contributed by atoms with Crippen molar-refractivity contribution in [3.8, 4) is 0 Å². The van der Waals surface area contributed by atoms with Crippen molar-refractivity contribution >= 4 is 17.9 Å². The summed E-state index contributed by atoms with van der Waals surface area (Å²) in [5, 5.41) is 0. The minimum atomic E-state index is -0.531. The zero-order valence-corrected chi connectivity index (χ0v) is 16.1. The van der Waals surface area contributed by atoms with Gasteiger partial charge in [0.1, 0.15) is 5.60 Å². The van der Waals surface area contributed by atoms with E-state index >= 15 is 0 Å². The van der Waals surface area contributed by atoms with Gasteiger partial charge in [0.2, 0.25) is 0 Å². The Labute approximate surface area is 159 Å². The number of carbonyl (C=O) groups excluding carboxylic acids is 3. The van der Waals surface area contributed by atoms with Gasteiger partial charge in [-0.1, -0.05) is 12.1 Å². The van der Waals surface area contributed by atoms with Gasteiger partial charge in [-0.2, -0.15) is 0 Å². The van der Waals surface area contributed by atoms with E-state index in [0.29, 0.717) is 24.3 Å². The molecular weight excluding hydrogens is 348 g/mol. The highest BCUT2D eigenvalue weighted by Crippen LogP contribution is 2.23. The second kappa shape index (κ2) is 7.68. The Morgan fingerprint density at radius 3 is 2.37 bits per heavy atom. The van der Waals surface area contributed by atoms with Gasteiger partial charge in [-0.3, -0.25) is 14.5 Å². The second-order valence-electron chi connectivity index (χ2n) is 7.85. The third-order valence-electron chi connectivity index (χ3n) is 4.65. The summed E-state index contributed by atoms with van der Waals surface area (Å²) in [6.45, 7) is 6.98. The third kappa shape index (κ3) is 4.30. The van der Waals surface area contributed by atoms with Gasteiger partial charge in [0.05, 0.1) is 36.9 Å². The lowest BCUT2D eigenvalue weighted by atomic mass is 10.1. The van der Waals surface area contributed by atoms with Crippen LogP contribution in [-0.2, 0) is 9.47 Å². The Balaban J connectivity index is 1.47. The van der Waals surface area contributed by atoms with Crippen LogP contribution in [0.25, 0.3) is 0 Å². The van der Waals surface area contributed by atoms with Crippen LogP contribution in [-0.4, -0.2) is 65.7 Å². The van der Waals surface area contributed by atoms with Crippen molar-refractivity contribution in [2.75, 3.05) is 26.3 Å². The molecule has 2 aliphatic rings. The molecule has 0 radical (unpaired) electrons. The molecule has 1 aromatic carbocycles. The maximum atomic E-state index is 12.3. The molecule has 0 N–H and O–H groups in total. The molecule has 3 rings (SSSR count). The first-order valence-electron chi connectivity index (χ1n) is 9.30. The standard InChI is InChI=1S/C20H26N2O5/c1-20(2,3)27-19(25)21-10-6-7-14(21)13-26-12-11-22-17(23)15-8-4-5-9-16(15)18(22)24/h4-5,8-9,14H,6-7,10-13H2,1-3H3/t14-/m0/s1. The smallest absolute Gasteiger partial charge is 0.410 e. The van der Waals surface area contributed by atoms with Crippen molar-refractivity contribution in [2.45, 2.75) is 45.3 Å². The molecule has 7 heteroatoms. The number of nitrogens with zero attached hydrogens (tertiary/aromatic N) is 2.